The summed E-state index contributed by atoms with van der Waals surface area (Å²) in [5.41, 5.74) is 0.224. The maximum atomic E-state index is 12.1. The fraction of sp³-hybridized carbons (Fsp3) is 0.111. The number of carbonyl (C=O) groups excluding carboxylic acids is 1. The van der Waals surface area contributed by atoms with Crippen molar-refractivity contribution in [2.24, 2.45) is 0 Å². The molecule has 1 aromatic heterocycles. The number of hydrogen-bond donors (Lipinski definition) is 1. The van der Waals surface area contributed by atoms with Gasteiger partial charge in [-0.1, -0.05) is 11.6 Å². The lowest BCUT2D eigenvalue weighted by molar-refractivity contribution is 0.0470. The summed E-state index contributed by atoms with van der Waals surface area (Å²) < 4.78 is 15.4. The van der Waals surface area contributed by atoms with Gasteiger partial charge in [-0.2, -0.15) is 0 Å². The van der Waals surface area contributed by atoms with E-state index in [0.717, 1.165) is 0 Å². The maximum Gasteiger partial charge on any atom is 0.342 e. The SMILES string of the molecule is COc1ccc2c(COC(=O)c3ccc(Cl)cc3O)cc(=O)oc2c1. The lowest BCUT2D eigenvalue weighted by Crippen LogP contribution is -2.08. The molecule has 6 nitrogen and oxygen atoms in total. The molecule has 25 heavy (non-hydrogen) atoms. The Balaban J connectivity index is 1.88. The van der Waals surface area contributed by atoms with Crippen molar-refractivity contribution in [1.29, 1.82) is 0 Å². The van der Waals surface area contributed by atoms with E-state index in [-0.39, 0.29) is 17.9 Å². The van der Waals surface area contributed by atoms with E-state index >= 15 is 0 Å². The molecular formula is C18H13ClO6. The van der Waals surface area contributed by atoms with Crippen LogP contribution in [0.2, 0.25) is 5.02 Å². The third-order valence-corrected chi connectivity index (χ3v) is 3.81. The molecule has 0 radical (unpaired) electrons. The summed E-state index contributed by atoms with van der Waals surface area (Å²) in [6, 6.07) is 10.3. The zero-order chi connectivity index (χ0) is 18.0. The predicted octanol–water partition coefficient (Wildman–Crippen LogP) is 3.52. The summed E-state index contributed by atoms with van der Waals surface area (Å²) in [6.45, 7) is -0.157. The number of halogens is 1. The van der Waals surface area contributed by atoms with Crippen LogP contribution in [0.4, 0.5) is 0 Å². The molecule has 0 bridgehead atoms. The molecule has 0 atom stereocenters. The summed E-state index contributed by atoms with van der Waals surface area (Å²) in [7, 11) is 1.50. The fourth-order valence-corrected chi connectivity index (χ4v) is 2.52. The van der Waals surface area contributed by atoms with Crippen LogP contribution in [0.1, 0.15) is 15.9 Å². The summed E-state index contributed by atoms with van der Waals surface area (Å²) in [6.07, 6.45) is 0. The molecule has 0 saturated carbocycles. The van der Waals surface area contributed by atoms with Crippen molar-refractivity contribution < 1.29 is 23.8 Å². The highest BCUT2D eigenvalue weighted by atomic mass is 35.5. The Hall–Kier alpha value is -2.99. The van der Waals surface area contributed by atoms with E-state index in [1.807, 2.05) is 0 Å². The average Bonchev–Trinajstić information content (AvgIpc) is 2.58. The molecule has 2 aromatic carbocycles. The number of hydrogen-bond acceptors (Lipinski definition) is 6. The Morgan fingerprint density at radius 1 is 1.20 bits per heavy atom. The molecule has 128 valence electrons. The van der Waals surface area contributed by atoms with Gasteiger partial charge in [-0.15, -0.1) is 0 Å². The van der Waals surface area contributed by atoms with Gasteiger partial charge in [0.1, 0.15) is 29.3 Å². The molecule has 3 aromatic rings. The van der Waals surface area contributed by atoms with E-state index in [2.05, 4.69) is 0 Å². The number of methoxy groups -OCH3 is 1. The Labute approximate surface area is 147 Å². The second-order valence-corrected chi connectivity index (χ2v) is 5.63. The minimum absolute atomic E-state index is 0.0154. The smallest absolute Gasteiger partial charge is 0.342 e. The van der Waals surface area contributed by atoms with Crippen molar-refractivity contribution in [3.05, 3.63) is 69.0 Å². The zero-order valence-electron chi connectivity index (χ0n) is 13.1. The number of benzene rings is 2. The molecule has 0 aliphatic heterocycles. The Morgan fingerprint density at radius 3 is 2.72 bits per heavy atom. The van der Waals surface area contributed by atoms with Gasteiger partial charge >= 0.3 is 11.6 Å². The molecule has 1 heterocycles. The molecule has 0 aliphatic rings. The van der Waals surface area contributed by atoms with Gasteiger partial charge in [0, 0.05) is 28.1 Å². The van der Waals surface area contributed by atoms with Gasteiger partial charge < -0.3 is 19.0 Å². The first-order chi connectivity index (χ1) is 12.0. The Morgan fingerprint density at radius 2 is 2.00 bits per heavy atom. The molecule has 0 fully saturated rings. The lowest BCUT2D eigenvalue weighted by Gasteiger charge is -2.09. The monoisotopic (exact) mass is 360 g/mol. The number of carbonyl (C=O) groups is 1. The summed E-state index contributed by atoms with van der Waals surface area (Å²) >= 11 is 5.73. The van der Waals surface area contributed by atoms with Crippen LogP contribution < -0.4 is 10.4 Å². The number of esters is 1. The van der Waals surface area contributed by atoms with Crippen molar-refractivity contribution in [2.75, 3.05) is 7.11 Å². The van der Waals surface area contributed by atoms with E-state index in [4.69, 9.17) is 25.5 Å². The van der Waals surface area contributed by atoms with E-state index in [9.17, 15) is 14.7 Å². The fourth-order valence-electron chi connectivity index (χ4n) is 2.36. The van der Waals surface area contributed by atoms with Crippen molar-refractivity contribution >= 4 is 28.5 Å². The number of phenols is 1. The number of ether oxygens (including phenoxy) is 2. The first-order valence-corrected chi connectivity index (χ1v) is 7.62. The van der Waals surface area contributed by atoms with Crippen molar-refractivity contribution in [1.82, 2.24) is 0 Å². The minimum atomic E-state index is -0.732. The van der Waals surface area contributed by atoms with Crippen LogP contribution in [-0.2, 0) is 11.3 Å². The van der Waals surface area contributed by atoms with Gasteiger partial charge in [-0.25, -0.2) is 9.59 Å². The van der Waals surface area contributed by atoms with Crippen LogP contribution in [-0.4, -0.2) is 18.2 Å². The van der Waals surface area contributed by atoms with Gasteiger partial charge in [-0.05, 0) is 30.3 Å². The molecule has 0 saturated heterocycles. The van der Waals surface area contributed by atoms with Gasteiger partial charge in [0.25, 0.3) is 0 Å². The van der Waals surface area contributed by atoms with E-state index < -0.39 is 11.6 Å². The van der Waals surface area contributed by atoms with Crippen LogP contribution in [0.25, 0.3) is 11.0 Å². The van der Waals surface area contributed by atoms with Gasteiger partial charge in [-0.3, -0.25) is 0 Å². The molecule has 3 rings (SSSR count). The number of phenolic OH excluding ortho intramolecular Hbond substituents is 1. The highest BCUT2D eigenvalue weighted by Gasteiger charge is 2.15. The molecule has 7 heteroatoms. The van der Waals surface area contributed by atoms with Crippen LogP contribution in [0.3, 0.4) is 0 Å². The average molecular weight is 361 g/mol. The van der Waals surface area contributed by atoms with Crippen molar-refractivity contribution in [2.45, 2.75) is 6.61 Å². The number of aromatic hydroxyl groups is 1. The molecule has 0 spiro atoms. The maximum absolute atomic E-state index is 12.1. The molecule has 0 unspecified atom stereocenters. The largest absolute Gasteiger partial charge is 0.507 e. The number of fused-ring (bicyclic) bond motifs is 1. The molecular weight excluding hydrogens is 348 g/mol. The van der Waals surface area contributed by atoms with Crippen LogP contribution >= 0.6 is 11.6 Å². The van der Waals surface area contributed by atoms with Crippen LogP contribution in [0, 0.1) is 0 Å². The summed E-state index contributed by atoms with van der Waals surface area (Å²) in [5.74, 6) is -0.473. The zero-order valence-corrected chi connectivity index (χ0v) is 13.9. The van der Waals surface area contributed by atoms with E-state index in [0.29, 0.717) is 27.3 Å². The standard InChI is InChI=1S/C18H13ClO6/c1-23-12-3-5-13-10(6-17(21)25-16(13)8-12)9-24-18(22)14-4-2-11(19)7-15(14)20/h2-8,20H,9H2,1H3. The molecule has 0 aliphatic carbocycles. The quantitative estimate of drug-likeness (QED) is 0.566. The first kappa shape index (κ1) is 16.9. The highest BCUT2D eigenvalue weighted by molar-refractivity contribution is 6.30. The van der Waals surface area contributed by atoms with E-state index in [1.165, 1.54) is 31.4 Å². The topological polar surface area (TPSA) is 86.0 Å². The number of rotatable bonds is 4. The third-order valence-electron chi connectivity index (χ3n) is 3.58. The Kier molecular flexibility index (Phi) is 4.63. The molecule has 0 amide bonds. The third kappa shape index (κ3) is 3.59. The lowest BCUT2D eigenvalue weighted by atomic mass is 10.1. The van der Waals surface area contributed by atoms with Gasteiger partial charge in [0.15, 0.2) is 0 Å². The highest BCUT2D eigenvalue weighted by Crippen LogP contribution is 2.25. The van der Waals surface area contributed by atoms with Gasteiger partial charge in [0.2, 0.25) is 0 Å². The summed E-state index contributed by atoms with van der Waals surface area (Å²) in [4.78, 5) is 23.8. The molecule has 1 N–H and O–H groups in total. The van der Waals surface area contributed by atoms with Crippen LogP contribution in [0.15, 0.2) is 51.7 Å². The van der Waals surface area contributed by atoms with Gasteiger partial charge in [0.05, 0.1) is 7.11 Å². The van der Waals surface area contributed by atoms with Crippen molar-refractivity contribution in [3.63, 3.8) is 0 Å². The summed E-state index contributed by atoms with van der Waals surface area (Å²) in [5, 5.41) is 10.7. The second-order valence-electron chi connectivity index (χ2n) is 5.19. The van der Waals surface area contributed by atoms with E-state index in [1.54, 1.807) is 18.2 Å². The second kappa shape index (κ2) is 6.86. The minimum Gasteiger partial charge on any atom is -0.507 e. The van der Waals surface area contributed by atoms with Crippen molar-refractivity contribution in [3.8, 4) is 11.5 Å². The Bertz CT molecular complexity index is 1010. The predicted molar refractivity (Wildman–Crippen MR) is 91.3 cm³/mol. The normalized spacial score (nSPS) is 10.6. The first-order valence-electron chi connectivity index (χ1n) is 7.24. The van der Waals surface area contributed by atoms with Crippen LogP contribution in [0.5, 0.6) is 11.5 Å².